The molecule has 0 saturated heterocycles. The molecule has 1 aliphatic carbocycles. The number of nitrogens with one attached hydrogen (secondary N) is 1. The Morgan fingerprint density at radius 3 is 1.35 bits per heavy atom. The van der Waals surface area contributed by atoms with Crippen molar-refractivity contribution in [1.82, 2.24) is 5.32 Å². The standard InChI is InChI=1S/C10H6F11NO/c1-2-3-22-4(23)5(11)6(12,13)8(16,17)10(20,21)9(18,19)7(5,14)15/h2H,1,3H2,(H,22,23). The molecule has 1 rings (SSSR count). The molecule has 1 saturated carbocycles. The van der Waals surface area contributed by atoms with Gasteiger partial charge in [-0.15, -0.1) is 6.58 Å². The minimum atomic E-state index is -7.33. The lowest BCUT2D eigenvalue weighted by atomic mass is 9.71. The number of amides is 1. The summed E-state index contributed by atoms with van der Waals surface area (Å²) in [5, 5.41) is 0.853. The van der Waals surface area contributed by atoms with E-state index in [4.69, 9.17) is 0 Å². The molecule has 0 aromatic rings. The van der Waals surface area contributed by atoms with Crippen LogP contribution >= 0.6 is 0 Å². The summed E-state index contributed by atoms with van der Waals surface area (Å²) in [6, 6.07) is 0. The molecular weight excluding hydrogens is 359 g/mol. The van der Waals surface area contributed by atoms with Crippen LogP contribution in [-0.2, 0) is 4.79 Å². The van der Waals surface area contributed by atoms with Gasteiger partial charge in [0.1, 0.15) is 0 Å². The van der Waals surface area contributed by atoms with Gasteiger partial charge in [-0.2, -0.15) is 43.9 Å². The molecule has 0 aromatic heterocycles. The normalized spacial score (nSPS) is 28.7. The molecule has 2 nitrogen and oxygen atoms in total. The Kier molecular flexibility index (Phi) is 4.00. The van der Waals surface area contributed by atoms with Crippen LogP contribution in [0.4, 0.5) is 48.3 Å². The van der Waals surface area contributed by atoms with Crippen molar-refractivity contribution < 1.29 is 53.1 Å². The molecule has 0 bridgehead atoms. The summed E-state index contributed by atoms with van der Waals surface area (Å²) in [7, 11) is 0. The van der Waals surface area contributed by atoms with E-state index in [2.05, 4.69) is 6.58 Å². The largest absolute Gasteiger partial charge is 0.384 e. The van der Waals surface area contributed by atoms with E-state index in [0.717, 1.165) is 5.32 Å². The fourth-order valence-corrected chi connectivity index (χ4v) is 1.79. The SMILES string of the molecule is C=CCNC(=O)C1(F)C(F)(F)C(F)(F)C(F)(F)C(F)(F)C1(F)F. The van der Waals surface area contributed by atoms with Crippen molar-refractivity contribution >= 4 is 5.91 Å². The molecule has 0 unspecified atom stereocenters. The van der Waals surface area contributed by atoms with Crippen LogP contribution in [0.3, 0.4) is 0 Å². The molecule has 1 N–H and O–H groups in total. The molecule has 1 amide bonds. The minimum Gasteiger partial charge on any atom is -0.349 e. The average molecular weight is 365 g/mol. The highest BCUT2D eigenvalue weighted by atomic mass is 19.4. The highest BCUT2D eigenvalue weighted by molar-refractivity contribution is 5.89. The number of carbonyl (C=O) groups is 1. The van der Waals surface area contributed by atoms with Crippen molar-refractivity contribution in [2.24, 2.45) is 0 Å². The molecule has 134 valence electrons. The third kappa shape index (κ3) is 1.78. The van der Waals surface area contributed by atoms with Crippen LogP contribution in [0.25, 0.3) is 0 Å². The molecule has 23 heavy (non-hydrogen) atoms. The zero-order chi connectivity index (χ0) is 18.7. The van der Waals surface area contributed by atoms with Gasteiger partial charge in [-0.1, -0.05) is 6.08 Å². The van der Waals surface area contributed by atoms with E-state index in [1.54, 1.807) is 0 Å². The predicted molar refractivity (Wildman–Crippen MR) is 51.8 cm³/mol. The van der Waals surface area contributed by atoms with Crippen molar-refractivity contribution in [2.45, 2.75) is 35.3 Å². The first-order chi connectivity index (χ1) is 9.98. The molecule has 0 aromatic carbocycles. The second-order valence-corrected chi connectivity index (χ2v) is 4.53. The zero-order valence-corrected chi connectivity index (χ0v) is 10.6. The fourth-order valence-electron chi connectivity index (χ4n) is 1.79. The highest BCUT2D eigenvalue weighted by Gasteiger charge is 3.02. The van der Waals surface area contributed by atoms with E-state index in [1.807, 2.05) is 0 Å². The molecule has 1 fully saturated rings. The van der Waals surface area contributed by atoms with Gasteiger partial charge in [-0.05, 0) is 0 Å². The summed E-state index contributed by atoms with van der Waals surface area (Å²) in [5.41, 5.74) is -6.64. The van der Waals surface area contributed by atoms with Crippen LogP contribution in [0, 0.1) is 0 Å². The number of rotatable bonds is 3. The lowest BCUT2D eigenvalue weighted by Crippen LogP contribution is -2.86. The molecule has 0 spiro atoms. The quantitative estimate of drug-likeness (QED) is 0.604. The van der Waals surface area contributed by atoms with Crippen molar-refractivity contribution in [1.29, 1.82) is 0 Å². The fraction of sp³-hybridized carbons (Fsp3) is 0.700. The van der Waals surface area contributed by atoms with Gasteiger partial charge in [-0.25, -0.2) is 4.39 Å². The van der Waals surface area contributed by atoms with Crippen molar-refractivity contribution in [3.63, 3.8) is 0 Å². The Labute approximate surface area is 120 Å². The zero-order valence-electron chi connectivity index (χ0n) is 10.6. The number of carbonyl (C=O) groups excluding carboxylic acids is 1. The van der Waals surface area contributed by atoms with Crippen LogP contribution in [0.2, 0.25) is 0 Å². The predicted octanol–water partition coefficient (Wildman–Crippen LogP) is 3.19. The van der Waals surface area contributed by atoms with E-state index in [-0.39, 0.29) is 0 Å². The number of hydrogen-bond donors (Lipinski definition) is 1. The molecule has 0 radical (unpaired) electrons. The van der Waals surface area contributed by atoms with Gasteiger partial charge in [-0.3, -0.25) is 4.79 Å². The van der Waals surface area contributed by atoms with Crippen LogP contribution in [0.15, 0.2) is 12.7 Å². The summed E-state index contributed by atoms with van der Waals surface area (Å²) in [4.78, 5) is 11.1. The maximum Gasteiger partial charge on any atom is 0.384 e. The second kappa shape index (κ2) is 4.72. The molecule has 0 aliphatic heterocycles. The number of alkyl halides is 11. The van der Waals surface area contributed by atoms with Crippen molar-refractivity contribution in [3.05, 3.63) is 12.7 Å². The number of hydrogen-bond acceptors (Lipinski definition) is 1. The molecule has 0 atom stereocenters. The first-order valence-electron chi connectivity index (χ1n) is 5.45. The van der Waals surface area contributed by atoms with E-state index >= 15 is 0 Å². The Hall–Kier alpha value is -1.56. The third-order valence-corrected chi connectivity index (χ3v) is 3.16. The minimum absolute atomic E-state index is 0.575. The van der Waals surface area contributed by atoms with Gasteiger partial charge in [0, 0.05) is 6.54 Å². The van der Waals surface area contributed by atoms with Crippen LogP contribution in [-0.4, -0.2) is 47.7 Å². The van der Waals surface area contributed by atoms with E-state index in [0.29, 0.717) is 6.08 Å². The van der Waals surface area contributed by atoms with Crippen LogP contribution < -0.4 is 5.32 Å². The Morgan fingerprint density at radius 2 is 1.04 bits per heavy atom. The molecule has 13 heteroatoms. The summed E-state index contributed by atoms with van der Waals surface area (Å²) in [5.74, 6) is -39.5. The molecule has 0 heterocycles. The second-order valence-electron chi connectivity index (χ2n) is 4.53. The topological polar surface area (TPSA) is 29.1 Å². The highest BCUT2D eigenvalue weighted by Crippen LogP contribution is 2.69. The van der Waals surface area contributed by atoms with Crippen molar-refractivity contribution in [2.75, 3.05) is 6.54 Å². The first-order valence-corrected chi connectivity index (χ1v) is 5.45. The van der Waals surface area contributed by atoms with Gasteiger partial charge in [0.15, 0.2) is 0 Å². The molecular formula is C10H6F11NO. The van der Waals surface area contributed by atoms with E-state index < -0.39 is 47.7 Å². The van der Waals surface area contributed by atoms with E-state index in [1.165, 1.54) is 0 Å². The van der Waals surface area contributed by atoms with Gasteiger partial charge >= 0.3 is 35.3 Å². The van der Waals surface area contributed by atoms with E-state index in [9.17, 15) is 53.1 Å². The lowest BCUT2D eigenvalue weighted by molar-refractivity contribution is -0.476. The Bertz CT molecular complexity index is 497. The Balaban J connectivity index is 3.75. The first kappa shape index (κ1) is 19.5. The summed E-state index contributed by atoms with van der Waals surface area (Å²) in [6.45, 7) is 1.76. The third-order valence-electron chi connectivity index (χ3n) is 3.16. The van der Waals surface area contributed by atoms with Gasteiger partial charge in [0.25, 0.3) is 5.91 Å². The maximum atomic E-state index is 13.9. The summed E-state index contributed by atoms with van der Waals surface area (Å²) >= 11 is 0. The van der Waals surface area contributed by atoms with Crippen LogP contribution in [0.5, 0.6) is 0 Å². The molecule has 1 aliphatic rings. The van der Waals surface area contributed by atoms with Gasteiger partial charge < -0.3 is 5.32 Å². The average Bonchev–Trinajstić information content (AvgIpc) is 2.41. The van der Waals surface area contributed by atoms with Crippen LogP contribution in [0.1, 0.15) is 0 Å². The van der Waals surface area contributed by atoms with Crippen molar-refractivity contribution in [3.8, 4) is 0 Å². The maximum absolute atomic E-state index is 13.9. The monoisotopic (exact) mass is 365 g/mol. The summed E-state index contributed by atoms with van der Waals surface area (Å²) in [6.07, 6.45) is 0.575. The Morgan fingerprint density at radius 1 is 0.739 bits per heavy atom. The lowest BCUT2D eigenvalue weighted by Gasteiger charge is -2.51. The van der Waals surface area contributed by atoms with Gasteiger partial charge in [0.05, 0.1) is 0 Å². The number of halogens is 11. The smallest absolute Gasteiger partial charge is 0.349 e. The van der Waals surface area contributed by atoms with Gasteiger partial charge in [0.2, 0.25) is 0 Å². The summed E-state index contributed by atoms with van der Waals surface area (Å²) < 4.78 is 145.